The molecule has 0 bridgehead atoms. The van der Waals surface area contributed by atoms with Crippen LogP contribution < -0.4 is 5.73 Å². The van der Waals surface area contributed by atoms with Gasteiger partial charge in [-0.25, -0.2) is 4.57 Å². The van der Waals surface area contributed by atoms with Crippen LogP contribution in [0.1, 0.15) is 245 Å². The molecular formula is C46H92NO9P. The van der Waals surface area contributed by atoms with E-state index in [0.717, 1.165) is 38.5 Å². The van der Waals surface area contributed by atoms with Crippen molar-refractivity contribution in [3.8, 4) is 0 Å². The molecule has 0 saturated heterocycles. The maximum atomic E-state index is 12.7. The van der Waals surface area contributed by atoms with Crippen molar-refractivity contribution >= 4 is 19.8 Å². The molecule has 4 N–H and O–H groups in total. The Kier molecular flexibility index (Phi) is 42.3. The predicted molar refractivity (Wildman–Crippen MR) is 236 cm³/mol. The van der Waals surface area contributed by atoms with Crippen LogP contribution in [-0.2, 0) is 32.7 Å². The summed E-state index contributed by atoms with van der Waals surface area (Å²) in [5.41, 5.74) is 5.36. The summed E-state index contributed by atoms with van der Waals surface area (Å²) in [6, 6.07) is -1.47. The number of ether oxygens (including phenoxy) is 2. The second kappa shape index (κ2) is 43.1. The second-order valence-corrected chi connectivity index (χ2v) is 18.1. The lowest BCUT2D eigenvalue weighted by atomic mass is 10.0. The number of hydrogen-bond donors (Lipinski definition) is 3. The molecule has 0 amide bonds. The number of carboxylic acids is 1. The summed E-state index contributed by atoms with van der Waals surface area (Å²) >= 11 is 0. The molecule has 0 aliphatic carbocycles. The molecule has 0 aromatic heterocycles. The highest BCUT2D eigenvalue weighted by Crippen LogP contribution is 2.43. The Bertz CT molecular complexity index is 924. The van der Waals surface area contributed by atoms with Gasteiger partial charge in [-0.3, -0.25) is 18.6 Å². The molecule has 1 unspecified atom stereocenters. The standard InChI is InChI=1S/C46H92NO9P/c1-3-5-7-9-11-13-15-17-19-20-21-22-23-24-25-26-28-30-32-34-36-38-45(48)56-43(41-54-57(51,52)55-42-44(47)46(49)50)40-53-39-37-35-33-31-29-27-18-16-14-12-10-8-6-4-2/h43-44H,3-42,47H2,1-2H3,(H,49,50)(H,51,52)/t43-,44+/m1/s1. The number of phosphoric acid groups is 1. The molecule has 0 aliphatic heterocycles. The third kappa shape index (κ3) is 42.9. The molecule has 10 nitrogen and oxygen atoms in total. The highest BCUT2D eigenvalue weighted by atomic mass is 31.2. The van der Waals surface area contributed by atoms with Gasteiger partial charge in [0.2, 0.25) is 0 Å². The number of hydrogen-bond acceptors (Lipinski definition) is 8. The Morgan fingerprint density at radius 3 is 1.16 bits per heavy atom. The van der Waals surface area contributed by atoms with Crippen molar-refractivity contribution in [1.82, 2.24) is 0 Å². The number of phosphoric ester groups is 1. The average Bonchev–Trinajstić information content (AvgIpc) is 3.19. The van der Waals surface area contributed by atoms with E-state index < -0.39 is 45.1 Å². The van der Waals surface area contributed by atoms with Crippen molar-refractivity contribution in [3.63, 3.8) is 0 Å². The molecule has 0 rings (SSSR count). The molecule has 0 aromatic rings. The molecule has 3 atom stereocenters. The SMILES string of the molecule is CCCCCCCCCCCCCCCCCCCCCCCC(=O)O[C@H](COCCCCCCCCCCCCCCCC)COP(=O)(O)OC[C@H](N)C(=O)O. The lowest BCUT2D eigenvalue weighted by Gasteiger charge is -2.20. The Morgan fingerprint density at radius 1 is 0.491 bits per heavy atom. The van der Waals surface area contributed by atoms with E-state index in [1.54, 1.807) is 0 Å². The Morgan fingerprint density at radius 2 is 0.807 bits per heavy atom. The molecule has 0 saturated carbocycles. The number of aliphatic carboxylic acids is 1. The zero-order valence-electron chi connectivity index (χ0n) is 37.2. The molecule has 0 spiro atoms. The van der Waals surface area contributed by atoms with Crippen molar-refractivity contribution in [3.05, 3.63) is 0 Å². The monoisotopic (exact) mass is 834 g/mol. The molecule has 0 radical (unpaired) electrons. The first-order valence-electron chi connectivity index (χ1n) is 24.1. The van der Waals surface area contributed by atoms with Crippen LogP contribution in [0.5, 0.6) is 0 Å². The molecule has 0 heterocycles. The van der Waals surface area contributed by atoms with Gasteiger partial charge in [-0.15, -0.1) is 0 Å². The number of carbonyl (C=O) groups excluding carboxylic acids is 1. The minimum Gasteiger partial charge on any atom is -0.480 e. The van der Waals surface area contributed by atoms with Crippen LogP contribution in [0.4, 0.5) is 0 Å². The van der Waals surface area contributed by atoms with Gasteiger partial charge in [-0.1, -0.05) is 226 Å². The summed E-state index contributed by atoms with van der Waals surface area (Å²) in [7, 11) is -4.61. The van der Waals surface area contributed by atoms with Gasteiger partial charge < -0.3 is 25.2 Å². The van der Waals surface area contributed by atoms with Crippen LogP contribution in [0.25, 0.3) is 0 Å². The van der Waals surface area contributed by atoms with Crippen LogP contribution >= 0.6 is 7.82 Å². The van der Waals surface area contributed by atoms with Crippen molar-refractivity contribution in [2.24, 2.45) is 5.73 Å². The van der Waals surface area contributed by atoms with E-state index in [1.807, 2.05) is 0 Å². The van der Waals surface area contributed by atoms with Crippen LogP contribution in [0.2, 0.25) is 0 Å². The molecular weight excluding hydrogens is 741 g/mol. The van der Waals surface area contributed by atoms with Crippen molar-refractivity contribution in [1.29, 1.82) is 0 Å². The van der Waals surface area contributed by atoms with Gasteiger partial charge in [0.1, 0.15) is 12.1 Å². The highest BCUT2D eigenvalue weighted by molar-refractivity contribution is 7.47. The first-order chi connectivity index (χ1) is 27.7. The van der Waals surface area contributed by atoms with Gasteiger partial charge >= 0.3 is 19.8 Å². The summed E-state index contributed by atoms with van der Waals surface area (Å²) in [4.78, 5) is 33.6. The number of unbranched alkanes of at least 4 members (excludes halogenated alkanes) is 33. The number of rotatable bonds is 47. The zero-order valence-corrected chi connectivity index (χ0v) is 38.1. The fraction of sp³-hybridized carbons (Fsp3) is 0.957. The largest absolute Gasteiger partial charge is 0.480 e. The smallest absolute Gasteiger partial charge is 0.472 e. The molecule has 57 heavy (non-hydrogen) atoms. The van der Waals surface area contributed by atoms with Crippen LogP contribution in [-0.4, -0.2) is 60.5 Å². The Balaban J connectivity index is 4.09. The lowest BCUT2D eigenvalue weighted by Crippen LogP contribution is -2.34. The predicted octanol–water partition coefficient (Wildman–Crippen LogP) is 13.5. The highest BCUT2D eigenvalue weighted by Gasteiger charge is 2.27. The first-order valence-corrected chi connectivity index (χ1v) is 25.6. The maximum Gasteiger partial charge on any atom is 0.472 e. The molecule has 0 fully saturated rings. The maximum absolute atomic E-state index is 12.7. The second-order valence-electron chi connectivity index (χ2n) is 16.6. The normalized spacial score (nSPS) is 13.8. The first kappa shape index (κ1) is 56.0. The van der Waals surface area contributed by atoms with E-state index in [0.29, 0.717) is 6.61 Å². The van der Waals surface area contributed by atoms with Crippen LogP contribution in [0.3, 0.4) is 0 Å². The third-order valence-corrected chi connectivity index (χ3v) is 11.8. The van der Waals surface area contributed by atoms with Gasteiger partial charge in [0.25, 0.3) is 0 Å². The summed E-state index contributed by atoms with van der Waals surface area (Å²) in [5, 5.41) is 8.91. The van der Waals surface area contributed by atoms with Gasteiger partial charge in [0.05, 0.1) is 19.8 Å². The summed E-state index contributed by atoms with van der Waals surface area (Å²) in [6.45, 7) is 3.94. The lowest BCUT2D eigenvalue weighted by molar-refractivity contribution is -0.154. The van der Waals surface area contributed by atoms with Crippen LogP contribution in [0, 0.1) is 0 Å². The topological polar surface area (TPSA) is 155 Å². The third-order valence-electron chi connectivity index (χ3n) is 10.9. The fourth-order valence-corrected chi connectivity index (χ4v) is 7.91. The van der Waals surface area contributed by atoms with Gasteiger partial charge in [0.15, 0.2) is 0 Å². The van der Waals surface area contributed by atoms with E-state index in [-0.39, 0.29) is 13.0 Å². The van der Waals surface area contributed by atoms with Gasteiger partial charge in [-0.2, -0.15) is 0 Å². The molecule has 340 valence electrons. The number of esters is 1. The van der Waals surface area contributed by atoms with E-state index in [4.69, 9.17) is 29.4 Å². The number of carboxylic acid groups (broad SMARTS) is 1. The fourth-order valence-electron chi connectivity index (χ4n) is 7.14. The Hall–Kier alpha value is -1.03. The minimum absolute atomic E-state index is 0.0259. The van der Waals surface area contributed by atoms with E-state index in [1.165, 1.54) is 186 Å². The van der Waals surface area contributed by atoms with Crippen molar-refractivity contribution in [2.45, 2.75) is 257 Å². The molecule has 0 aromatic carbocycles. The molecule has 0 aliphatic rings. The number of carbonyl (C=O) groups is 2. The minimum atomic E-state index is -4.61. The van der Waals surface area contributed by atoms with E-state index in [9.17, 15) is 19.0 Å². The average molecular weight is 834 g/mol. The van der Waals surface area contributed by atoms with E-state index in [2.05, 4.69) is 13.8 Å². The van der Waals surface area contributed by atoms with Crippen molar-refractivity contribution < 1.29 is 42.7 Å². The zero-order chi connectivity index (χ0) is 41.9. The van der Waals surface area contributed by atoms with Crippen molar-refractivity contribution in [2.75, 3.05) is 26.4 Å². The van der Waals surface area contributed by atoms with Crippen LogP contribution in [0.15, 0.2) is 0 Å². The molecule has 11 heteroatoms. The van der Waals surface area contributed by atoms with E-state index >= 15 is 0 Å². The summed E-state index contributed by atoms with van der Waals surface area (Å²) in [5.74, 6) is -1.76. The summed E-state index contributed by atoms with van der Waals surface area (Å²) < 4.78 is 33.4. The summed E-state index contributed by atoms with van der Waals surface area (Å²) in [6.07, 6.45) is 44.4. The number of nitrogens with two attached hydrogens (primary N) is 1. The quantitative estimate of drug-likeness (QED) is 0.0306. The van der Waals surface area contributed by atoms with Gasteiger partial charge in [-0.05, 0) is 12.8 Å². The Labute approximate surface area is 350 Å². The van der Waals surface area contributed by atoms with Gasteiger partial charge in [0, 0.05) is 13.0 Å².